The summed E-state index contributed by atoms with van der Waals surface area (Å²) in [5, 5.41) is 9.78. The van der Waals surface area contributed by atoms with E-state index in [1.807, 2.05) is 0 Å². The van der Waals surface area contributed by atoms with Gasteiger partial charge in [0.1, 0.15) is 0 Å². The van der Waals surface area contributed by atoms with E-state index < -0.39 is 21.4 Å². The zero-order valence-electron chi connectivity index (χ0n) is 11.6. The van der Waals surface area contributed by atoms with Crippen LogP contribution in [0.15, 0.2) is 17.0 Å². The predicted octanol–water partition coefficient (Wildman–Crippen LogP) is 0.856. The first kappa shape index (κ1) is 16.7. The smallest absolute Gasteiger partial charge is 0.240 e. The minimum Gasteiger partial charge on any atom is -0.492 e. The van der Waals surface area contributed by atoms with E-state index in [1.54, 1.807) is 6.92 Å². The Morgan fingerprint density at radius 1 is 1.50 bits per heavy atom. The number of aliphatic hydroxyl groups is 1. The number of sulfonamides is 1. The Morgan fingerprint density at radius 3 is 2.55 bits per heavy atom. The average Bonchev–Trinajstić information content (AvgIpc) is 2.36. The van der Waals surface area contributed by atoms with Crippen molar-refractivity contribution in [2.75, 3.05) is 19.4 Å². The standard InChI is InChI=1S/C12H19FN2O4S/c1-4-12(2,16)7-15-20(17,18)8-5-9(13)11(19-3)10(14)6-8/h5-6,15-16H,4,7,14H2,1-3H3. The molecular weight excluding hydrogens is 287 g/mol. The lowest BCUT2D eigenvalue weighted by Crippen LogP contribution is -2.40. The van der Waals surface area contributed by atoms with Crippen LogP contribution in [0, 0.1) is 5.82 Å². The maximum absolute atomic E-state index is 13.6. The molecule has 0 heterocycles. The van der Waals surface area contributed by atoms with Crippen molar-refractivity contribution in [3.63, 3.8) is 0 Å². The summed E-state index contributed by atoms with van der Waals surface area (Å²) >= 11 is 0. The zero-order chi connectivity index (χ0) is 15.6. The van der Waals surface area contributed by atoms with Crippen molar-refractivity contribution in [2.45, 2.75) is 30.8 Å². The summed E-state index contributed by atoms with van der Waals surface area (Å²) in [5.74, 6) is -1.07. The zero-order valence-corrected chi connectivity index (χ0v) is 12.4. The second-order valence-corrected chi connectivity index (χ2v) is 6.47. The molecule has 1 aromatic carbocycles. The van der Waals surface area contributed by atoms with Crippen LogP contribution in [0.1, 0.15) is 20.3 Å². The van der Waals surface area contributed by atoms with Crippen molar-refractivity contribution in [2.24, 2.45) is 0 Å². The molecule has 0 radical (unpaired) electrons. The van der Waals surface area contributed by atoms with E-state index in [0.717, 1.165) is 12.1 Å². The monoisotopic (exact) mass is 306 g/mol. The van der Waals surface area contributed by atoms with Gasteiger partial charge in [0.15, 0.2) is 11.6 Å². The van der Waals surface area contributed by atoms with Crippen LogP contribution in [-0.4, -0.2) is 32.8 Å². The highest BCUT2D eigenvalue weighted by Gasteiger charge is 2.24. The number of nitrogen functional groups attached to an aromatic ring is 1. The number of nitrogens with one attached hydrogen (secondary N) is 1. The van der Waals surface area contributed by atoms with Crippen molar-refractivity contribution in [3.8, 4) is 5.75 Å². The molecule has 8 heteroatoms. The number of ether oxygens (including phenoxy) is 1. The maximum Gasteiger partial charge on any atom is 0.240 e. The minimum absolute atomic E-state index is 0.116. The van der Waals surface area contributed by atoms with Crippen molar-refractivity contribution in [1.82, 2.24) is 4.72 Å². The molecule has 0 aliphatic carbocycles. The van der Waals surface area contributed by atoms with Gasteiger partial charge in [-0.3, -0.25) is 0 Å². The third kappa shape index (κ3) is 3.81. The summed E-state index contributed by atoms with van der Waals surface area (Å²) in [5.41, 5.74) is 4.24. The summed E-state index contributed by atoms with van der Waals surface area (Å²) in [4.78, 5) is -0.319. The van der Waals surface area contributed by atoms with Gasteiger partial charge in [0, 0.05) is 6.54 Å². The quantitative estimate of drug-likeness (QED) is 0.677. The Bertz CT molecular complexity index is 564. The molecule has 0 amide bonds. The normalized spacial score (nSPS) is 14.8. The van der Waals surface area contributed by atoms with Gasteiger partial charge in [-0.15, -0.1) is 0 Å². The van der Waals surface area contributed by atoms with E-state index in [-0.39, 0.29) is 22.9 Å². The molecule has 1 rings (SSSR count). The fourth-order valence-electron chi connectivity index (χ4n) is 1.42. The van der Waals surface area contributed by atoms with Gasteiger partial charge < -0.3 is 15.6 Å². The molecule has 114 valence electrons. The number of anilines is 1. The van der Waals surface area contributed by atoms with Crippen LogP contribution < -0.4 is 15.2 Å². The second kappa shape index (κ2) is 5.94. The Kier molecular flexibility index (Phi) is 4.95. The molecule has 0 saturated carbocycles. The summed E-state index contributed by atoms with van der Waals surface area (Å²) < 4.78 is 44.6. The largest absolute Gasteiger partial charge is 0.492 e. The first-order valence-electron chi connectivity index (χ1n) is 5.98. The molecule has 0 fully saturated rings. The number of benzene rings is 1. The summed E-state index contributed by atoms with van der Waals surface area (Å²) in [7, 11) is -2.72. The van der Waals surface area contributed by atoms with Gasteiger partial charge in [-0.25, -0.2) is 17.5 Å². The van der Waals surface area contributed by atoms with Crippen LogP contribution in [0.25, 0.3) is 0 Å². The Labute approximate surface area is 117 Å². The fraction of sp³-hybridized carbons (Fsp3) is 0.500. The molecule has 4 N–H and O–H groups in total. The van der Waals surface area contributed by atoms with Gasteiger partial charge in [-0.1, -0.05) is 6.92 Å². The highest BCUT2D eigenvalue weighted by molar-refractivity contribution is 7.89. The molecule has 6 nitrogen and oxygen atoms in total. The van der Waals surface area contributed by atoms with Crippen LogP contribution in [0.5, 0.6) is 5.75 Å². The molecule has 0 aliphatic heterocycles. The van der Waals surface area contributed by atoms with E-state index in [1.165, 1.54) is 14.0 Å². The third-order valence-electron chi connectivity index (χ3n) is 2.96. The molecule has 0 aromatic heterocycles. The van der Waals surface area contributed by atoms with Gasteiger partial charge in [0.05, 0.1) is 23.3 Å². The lowest BCUT2D eigenvalue weighted by molar-refractivity contribution is 0.0613. The van der Waals surface area contributed by atoms with Crippen molar-refractivity contribution in [3.05, 3.63) is 17.9 Å². The van der Waals surface area contributed by atoms with E-state index >= 15 is 0 Å². The van der Waals surface area contributed by atoms with Gasteiger partial charge in [-0.05, 0) is 25.5 Å². The SMILES string of the molecule is CCC(C)(O)CNS(=O)(=O)c1cc(N)c(OC)c(F)c1. The molecule has 0 spiro atoms. The van der Waals surface area contributed by atoms with Crippen LogP contribution >= 0.6 is 0 Å². The third-order valence-corrected chi connectivity index (χ3v) is 4.35. The van der Waals surface area contributed by atoms with E-state index in [0.29, 0.717) is 6.42 Å². The average molecular weight is 306 g/mol. The molecule has 1 atom stereocenters. The van der Waals surface area contributed by atoms with E-state index in [9.17, 15) is 17.9 Å². The number of nitrogens with two attached hydrogens (primary N) is 1. The molecule has 1 unspecified atom stereocenters. The minimum atomic E-state index is -3.96. The van der Waals surface area contributed by atoms with E-state index in [4.69, 9.17) is 10.5 Å². The summed E-state index contributed by atoms with van der Waals surface area (Å²) in [6, 6.07) is 1.92. The Balaban J connectivity index is 3.05. The maximum atomic E-state index is 13.6. The number of hydrogen-bond acceptors (Lipinski definition) is 5. The summed E-state index contributed by atoms with van der Waals surface area (Å²) in [6.45, 7) is 3.04. The fourth-order valence-corrected chi connectivity index (χ4v) is 2.63. The van der Waals surface area contributed by atoms with Crippen molar-refractivity contribution >= 4 is 15.7 Å². The van der Waals surface area contributed by atoms with Crippen LogP contribution in [0.4, 0.5) is 10.1 Å². The topological polar surface area (TPSA) is 102 Å². The lowest BCUT2D eigenvalue weighted by Gasteiger charge is -2.21. The van der Waals surface area contributed by atoms with Crippen LogP contribution in [-0.2, 0) is 10.0 Å². The van der Waals surface area contributed by atoms with Crippen LogP contribution in [0.3, 0.4) is 0 Å². The number of methoxy groups -OCH3 is 1. The molecular formula is C12H19FN2O4S. The van der Waals surface area contributed by atoms with Gasteiger partial charge in [-0.2, -0.15) is 0 Å². The summed E-state index contributed by atoms with van der Waals surface area (Å²) in [6.07, 6.45) is 0.370. The van der Waals surface area contributed by atoms with E-state index in [2.05, 4.69) is 4.72 Å². The molecule has 0 saturated heterocycles. The molecule has 20 heavy (non-hydrogen) atoms. The van der Waals surface area contributed by atoms with Gasteiger partial charge in [0.25, 0.3) is 0 Å². The number of rotatable bonds is 6. The number of hydrogen-bond donors (Lipinski definition) is 3. The number of halogens is 1. The van der Waals surface area contributed by atoms with Crippen molar-refractivity contribution < 1.29 is 22.7 Å². The highest BCUT2D eigenvalue weighted by Crippen LogP contribution is 2.28. The Hall–Kier alpha value is -1.38. The second-order valence-electron chi connectivity index (χ2n) is 4.70. The molecule has 1 aromatic rings. The van der Waals surface area contributed by atoms with Crippen LogP contribution in [0.2, 0.25) is 0 Å². The molecule has 0 bridgehead atoms. The lowest BCUT2D eigenvalue weighted by atomic mass is 10.1. The first-order chi connectivity index (χ1) is 9.13. The Morgan fingerprint density at radius 2 is 2.10 bits per heavy atom. The first-order valence-corrected chi connectivity index (χ1v) is 7.46. The highest BCUT2D eigenvalue weighted by atomic mass is 32.2. The molecule has 0 aliphatic rings. The van der Waals surface area contributed by atoms with Gasteiger partial charge >= 0.3 is 0 Å². The van der Waals surface area contributed by atoms with Crippen molar-refractivity contribution in [1.29, 1.82) is 0 Å². The van der Waals surface area contributed by atoms with Gasteiger partial charge in [0.2, 0.25) is 10.0 Å². The predicted molar refractivity (Wildman–Crippen MR) is 73.5 cm³/mol.